The third-order valence-corrected chi connectivity index (χ3v) is 2.36. The van der Waals surface area contributed by atoms with Gasteiger partial charge in [-0.3, -0.25) is 10.2 Å². The predicted octanol–water partition coefficient (Wildman–Crippen LogP) is 0.150. The van der Waals surface area contributed by atoms with Crippen LogP contribution in [0.3, 0.4) is 0 Å². The number of urea groups is 1. The highest BCUT2D eigenvalue weighted by atomic mass is 16.5. The van der Waals surface area contributed by atoms with Crippen molar-refractivity contribution in [2.75, 3.05) is 6.61 Å². The maximum atomic E-state index is 11.6. The van der Waals surface area contributed by atoms with Crippen molar-refractivity contribution in [2.45, 2.75) is 39.3 Å². The Bertz CT molecular complexity index is 268. The molecular formula is C10H19N3O3. The summed E-state index contributed by atoms with van der Waals surface area (Å²) in [5.74, 6) is -0.112. The highest BCUT2D eigenvalue weighted by molar-refractivity contribution is 5.84. The largest absolute Gasteiger partial charge is 0.368 e. The number of hydrogen-bond donors (Lipinski definition) is 3. The van der Waals surface area contributed by atoms with Gasteiger partial charge in [0, 0.05) is 12.6 Å². The van der Waals surface area contributed by atoms with Crippen LogP contribution in [-0.2, 0) is 9.53 Å². The smallest absolute Gasteiger partial charge is 0.333 e. The van der Waals surface area contributed by atoms with Gasteiger partial charge in [0.05, 0.1) is 0 Å². The molecule has 1 rings (SSSR count). The second-order valence-corrected chi connectivity index (χ2v) is 4.30. The van der Waals surface area contributed by atoms with E-state index in [4.69, 9.17) is 4.74 Å². The van der Waals surface area contributed by atoms with Crippen LogP contribution in [0.15, 0.2) is 0 Å². The van der Waals surface area contributed by atoms with Crippen molar-refractivity contribution < 1.29 is 14.3 Å². The van der Waals surface area contributed by atoms with Crippen molar-refractivity contribution in [1.82, 2.24) is 16.2 Å². The van der Waals surface area contributed by atoms with Gasteiger partial charge in [0.25, 0.3) is 5.91 Å². The molecule has 92 valence electrons. The van der Waals surface area contributed by atoms with E-state index < -0.39 is 12.1 Å². The van der Waals surface area contributed by atoms with Gasteiger partial charge in [0.1, 0.15) is 6.10 Å². The molecule has 2 atom stereocenters. The standard InChI is InChI=1S/C10H19N3O3/c1-6(2)11-10(15)13-12-9(14)8-7(3)4-5-16-8/h6-8H,4-5H2,1-3H3,(H,12,14)(H2,11,13,15)/t7-,8+/m0/s1. The van der Waals surface area contributed by atoms with Gasteiger partial charge in [-0.25, -0.2) is 10.2 Å². The molecule has 0 radical (unpaired) electrons. The topological polar surface area (TPSA) is 79.5 Å². The lowest BCUT2D eigenvalue weighted by atomic mass is 10.0. The number of ether oxygens (including phenoxy) is 1. The molecular weight excluding hydrogens is 210 g/mol. The summed E-state index contributed by atoms with van der Waals surface area (Å²) < 4.78 is 5.26. The van der Waals surface area contributed by atoms with E-state index in [1.165, 1.54) is 0 Å². The first-order valence-electron chi connectivity index (χ1n) is 5.48. The van der Waals surface area contributed by atoms with Crippen molar-refractivity contribution in [3.05, 3.63) is 0 Å². The van der Waals surface area contributed by atoms with Gasteiger partial charge in [-0.1, -0.05) is 6.92 Å². The number of carbonyl (C=O) groups excluding carboxylic acids is 2. The molecule has 1 heterocycles. The predicted molar refractivity (Wildman–Crippen MR) is 58.5 cm³/mol. The van der Waals surface area contributed by atoms with Gasteiger partial charge in [-0.2, -0.15) is 0 Å². The summed E-state index contributed by atoms with van der Waals surface area (Å²) >= 11 is 0. The normalized spacial score (nSPS) is 24.2. The second kappa shape index (κ2) is 5.69. The van der Waals surface area contributed by atoms with Crippen LogP contribution in [0.1, 0.15) is 27.2 Å². The maximum absolute atomic E-state index is 11.6. The Morgan fingerprint density at radius 2 is 2.00 bits per heavy atom. The Labute approximate surface area is 95.1 Å². The van der Waals surface area contributed by atoms with Crippen molar-refractivity contribution in [3.63, 3.8) is 0 Å². The molecule has 1 saturated heterocycles. The fourth-order valence-electron chi connectivity index (χ4n) is 1.52. The van der Waals surface area contributed by atoms with Crippen LogP contribution in [0.2, 0.25) is 0 Å². The van der Waals surface area contributed by atoms with Gasteiger partial charge in [0.2, 0.25) is 0 Å². The van der Waals surface area contributed by atoms with Crippen LogP contribution in [0.25, 0.3) is 0 Å². The number of nitrogens with one attached hydrogen (secondary N) is 3. The summed E-state index contributed by atoms with van der Waals surface area (Å²) in [5.41, 5.74) is 4.62. The summed E-state index contributed by atoms with van der Waals surface area (Å²) in [5, 5.41) is 2.59. The summed E-state index contributed by atoms with van der Waals surface area (Å²) in [6, 6.07) is -0.396. The molecule has 1 fully saturated rings. The third kappa shape index (κ3) is 3.69. The molecule has 3 amide bonds. The summed E-state index contributed by atoms with van der Waals surface area (Å²) in [6.45, 7) is 6.22. The number of hydrazine groups is 1. The van der Waals surface area contributed by atoms with Crippen LogP contribution in [-0.4, -0.2) is 30.7 Å². The first kappa shape index (κ1) is 12.8. The van der Waals surface area contributed by atoms with E-state index in [1.54, 1.807) is 0 Å². The van der Waals surface area contributed by atoms with Gasteiger partial charge >= 0.3 is 6.03 Å². The van der Waals surface area contributed by atoms with Crippen LogP contribution in [0, 0.1) is 5.92 Å². The molecule has 0 unspecified atom stereocenters. The Morgan fingerprint density at radius 3 is 2.50 bits per heavy atom. The van der Waals surface area contributed by atoms with Crippen molar-refractivity contribution in [1.29, 1.82) is 0 Å². The summed E-state index contributed by atoms with van der Waals surface area (Å²) in [6.07, 6.45) is 0.412. The Balaban J connectivity index is 2.27. The molecule has 1 aliphatic rings. The minimum absolute atomic E-state index is 0.0264. The monoisotopic (exact) mass is 229 g/mol. The minimum Gasteiger partial charge on any atom is -0.368 e. The lowest BCUT2D eigenvalue weighted by Crippen LogP contribution is -2.52. The number of hydrogen-bond acceptors (Lipinski definition) is 3. The lowest BCUT2D eigenvalue weighted by Gasteiger charge is -2.15. The average Bonchev–Trinajstić information content (AvgIpc) is 2.60. The SMILES string of the molecule is CC(C)NC(=O)NNC(=O)[C@@H]1OCC[C@@H]1C. The number of amides is 3. The third-order valence-electron chi connectivity index (χ3n) is 2.36. The Morgan fingerprint density at radius 1 is 1.31 bits per heavy atom. The Hall–Kier alpha value is -1.30. The molecule has 0 saturated carbocycles. The van der Waals surface area contributed by atoms with Gasteiger partial charge in [-0.15, -0.1) is 0 Å². The van der Waals surface area contributed by atoms with E-state index in [0.717, 1.165) is 6.42 Å². The number of carbonyl (C=O) groups is 2. The molecule has 6 nitrogen and oxygen atoms in total. The average molecular weight is 229 g/mol. The molecule has 6 heteroatoms. The van der Waals surface area contributed by atoms with Gasteiger partial charge in [0.15, 0.2) is 0 Å². The van der Waals surface area contributed by atoms with E-state index >= 15 is 0 Å². The molecule has 0 aliphatic carbocycles. The van der Waals surface area contributed by atoms with E-state index in [-0.39, 0.29) is 17.9 Å². The summed E-state index contributed by atoms with van der Waals surface area (Å²) in [7, 11) is 0. The first-order valence-corrected chi connectivity index (χ1v) is 5.48. The van der Waals surface area contributed by atoms with E-state index in [2.05, 4.69) is 16.2 Å². The van der Waals surface area contributed by atoms with Crippen molar-refractivity contribution in [2.24, 2.45) is 5.92 Å². The highest BCUT2D eigenvalue weighted by Gasteiger charge is 2.30. The molecule has 0 aromatic carbocycles. The molecule has 3 N–H and O–H groups in total. The molecule has 0 spiro atoms. The van der Waals surface area contributed by atoms with Gasteiger partial charge < -0.3 is 10.1 Å². The lowest BCUT2D eigenvalue weighted by molar-refractivity contribution is -0.132. The second-order valence-electron chi connectivity index (χ2n) is 4.30. The molecule has 1 aliphatic heterocycles. The quantitative estimate of drug-likeness (QED) is 0.590. The molecule has 16 heavy (non-hydrogen) atoms. The zero-order chi connectivity index (χ0) is 12.1. The first-order chi connectivity index (χ1) is 7.50. The van der Waals surface area contributed by atoms with E-state index in [0.29, 0.717) is 6.61 Å². The van der Waals surface area contributed by atoms with Crippen LogP contribution >= 0.6 is 0 Å². The zero-order valence-electron chi connectivity index (χ0n) is 9.87. The molecule has 0 aromatic heterocycles. The fourth-order valence-corrected chi connectivity index (χ4v) is 1.52. The Kier molecular flexibility index (Phi) is 4.54. The molecule has 0 bridgehead atoms. The minimum atomic E-state index is -0.459. The highest BCUT2D eigenvalue weighted by Crippen LogP contribution is 2.19. The van der Waals surface area contributed by atoms with Gasteiger partial charge in [-0.05, 0) is 26.2 Å². The number of rotatable bonds is 2. The van der Waals surface area contributed by atoms with Crippen LogP contribution in [0.4, 0.5) is 4.79 Å². The molecule has 0 aromatic rings. The zero-order valence-corrected chi connectivity index (χ0v) is 9.87. The maximum Gasteiger partial charge on any atom is 0.333 e. The van der Waals surface area contributed by atoms with E-state index in [1.807, 2.05) is 20.8 Å². The van der Waals surface area contributed by atoms with Crippen molar-refractivity contribution in [3.8, 4) is 0 Å². The van der Waals surface area contributed by atoms with Crippen molar-refractivity contribution >= 4 is 11.9 Å². The van der Waals surface area contributed by atoms with Crippen LogP contribution in [0.5, 0.6) is 0 Å². The summed E-state index contributed by atoms with van der Waals surface area (Å²) in [4.78, 5) is 22.7. The van der Waals surface area contributed by atoms with Crippen LogP contribution < -0.4 is 16.2 Å². The van der Waals surface area contributed by atoms with E-state index in [9.17, 15) is 9.59 Å². The fraction of sp³-hybridized carbons (Fsp3) is 0.800.